The maximum Gasteiger partial charge on any atom is 0.246 e. The third-order valence-electron chi connectivity index (χ3n) is 4.45. The van der Waals surface area contributed by atoms with Gasteiger partial charge >= 0.3 is 0 Å². The molecule has 2 N–H and O–H groups in total. The number of nitrogens with zero attached hydrogens (tertiary/aromatic N) is 5. The highest BCUT2D eigenvalue weighted by Crippen LogP contribution is 2.39. The summed E-state index contributed by atoms with van der Waals surface area (Å²) in [6.07, 6.45) is 1.81. The van der Waals surface area contributed by atoms with Crippen LogP contribution in [0.4, 0.5) is 17.5 Å². The lowest BCUT2D eigenvalue weighted by atomic mass is 10.1. The zero-order valence-corrected chi connectivity index (χ0v) is 18.1. The number of carbonyl (C=O) groups is 1. The lowest BCUT2D eigenvalue weighted by Crippen LogP contribution is -2.47. The summed E-state index contributed by atoms with van der Waals surface area (Å²) >= 11 is 9.96. The van der Waals surface area contributed by atoms with Gasteiger partial charge in [0.15, 0.2) is 11.0 Å². The van der Waals surface area contributed by atoms with Gasteiger partial charge in [0.1, 0.15) is 5.69 Å². The van der Waals surface area contributed by atoms with Gasteiger partial charge in [0.05, 0.1) is 18.8 Å². The molecule has 0 aliphatic carbocycles. The minimum absolute atomic E-state index is 0.0460. The van der Waals surface area contributed by atoms with E-state index in [2.05, 4.69) is 30.9 Å². The van der Waals surface area contributed by atoms with E-state index in [4.69, 9.17) is 17.3 Å². The van der Waals surface area contributed by atoms with Crippen molar-refractivity contribution in [3.8, 4) is 0 Å². The van der Waals surface area contributed by atoms with E-state index in [0.29, 0.717) is 24.6 Å². The molecule has 3 heterocycles. The number of carbonyl (C=O) groups excluding carboxylic acids is 1. The monoisotopic (exact) mass is 452 g/mol. The Labute approximate surface area is 172 Å². The molecule has 2 aromatic rings. The summed E-state index contributed by atoms with van der Waals surface area (Å²) in [5.41, 5.74) is 9.29. The molecule has 1 amide bonds. The number of hydrogen-bond acceptors (Lipinski definition) is 6. The molecule has 0 unspecified atom stereocenters. The van der Waals surface area contributed by atoms with Crippen molar-refractivity contribution in [3.63, 3.8) is 0 Å². The molecule has 0 saturated carbocycles. The topological polar surface area (TPSA) is 88.2 Å². The summed E-state index contributed by atoms with van der Waals surface area (Å²) in [5.74, 6) is 0.872. The second-order valence-corrected chi connectivity index (χ2v) is 8.28. The average Bonchev–Trinajstić information content (AvgIpc) is 2.58. The molecule has 2 aromatic heterocycles. The van der Waals surface area contributed by atoms with Gasteiger partial charge in [0.25, 0.3) is 0 Å². The van der Waals surface area contributed by atoms with Crippen molar-refractivity contribution in [1.82, 2.24) is 15.0 Å². The summed E-state index contributed by atoms with van der Waals surface area (Å²) in [6, 6.07) is 0. The van der Waals surface area contributed by atoms with Crippen LogP contribution in [0.25, 0.3) is 0 Å². The highest BCUT2D eigenvalue weighted by atomic mass is 79.9. The first kappa shape index (κ1) is 19.8. The van der Waals surface area contributed by atoms with Gasteiger partial charge in [0.2, 0.25) is 11.9 Å². The van der Waals surface area contributed by atoms with Crippen molar-refractivity contribution in [2.75, 3.05) is 28.6 Å². The van der Waals surface area contributed by atoms with Crippen LogP contribution in [-0.4, -0.2) is 33.9 Å². The predicted octanol–water partition coefficient (Wildman–Crippen LogP) is 3.50. The Bertz CT molecular complexity index is 904. The van der Waals surface area contributed by atoms with E-state index in [0.717, 1.165) is 21.3 Å². The SMILES string of the molecule is Cc1cnc(CN2CC(=O)N(CC(C)C)c3c(Cl)nc(N)nc32)c(C)c1Br. The molecule has 1 aliphatic heterocycles. The number of halogens is 2. The molecule has 0 spiro atoms. The largest absolute Gasteiger partial charge is 0.368 e. The average molecular weight is 454 g/mol. The zero-order valence-electron chi connectivity index (χ0n) is 15.8. The van der Waals surface area contributed by atoms with Gasteiger partial charge in [-0.15, -0.1) is 0 Å². The molecule has 0 bridgehead atoms. The summed E-state index contributed by atoms with van der Waals surface area (Å²) in [5, 5.41) is 0.186. The first-order valence-corrected chi connectivity index (χ1v) is 9.85. The fourth-order valence-corrected chi connectivity index (χ4v) is 3.72. The van der Waals surface area contributed by atoms with E-state index in [1.165, 1.54) is 0 Å². The molecule has 0 atom stereocenters. The third-order valence-corrected chi connectivity index (χ3v) is 5.93. The van der Waals surface area contributed by atoms with Crippen LogP contribution in [0, 0.1) is 19.8 Å². The van der Waals surface area contributed by atoms with Crippen LogP contribution < -0.4 is 15.5 Å². The predicted molar refractivity (Wildman–Crippen MR) is 111 cm³/mol. The van der Waals surface area contributed by atoms with E-state index >= 15 is 0 Å². The van der Waals surface area contributed by atoms with Crippen LogP contribution in [0.3, 0.4) is 0 Å². The highest BCUT2D eigenvalue weighted by Gasteiger charge is 2.34. The molecule has 27 heavy (non-hydrogen) atoms. The Hall–Kier alpha value is -1.93. The number of hydrogen-bond donors (Lipinski definition) is 1. The molecule has 144 valence electrons. The number of nitrogen functional groups attached to an aromatic ring is 1. The number of rotatable bonds is 4. The standard InChI is InChI=1S/C18H22BrClN6O/c1-9(2)6-26-13(27)8-25(17-15(26)16(20)23-18(21)24-17)7-12-11(4)14(19)10(3)5-22-12/h5,9H,6-8H2,1-4H3,(H2,21,23,24). The maximum atomic E-state index is 12.8. The third kappa shape index (κ3) is 3.87. The lowest BCUT2D eigenvalue weighted by molar-refractivity contribution is -0.117. The second kappa shape index (κ2) is 7.59. The Morgan fingerprint density at radius 1 is 1.33 bits per heavy atom. The molecule has 1 aliphatic rings. The first-order valence-electron chi connectivity index (χ1n) is 8.68. The smallest absolute Gasteiger partial charge is 0.246 e. The van der Waals surface area contributed by atoms with Gasteiger partial charge in [-0.25, -0.2) is 0 Å². The van der Waals surface area contributed by atoms with Crippen LogP contribution >= 0.6 is 27.5 Å². The van der Waals surface area contributed by atoms with Crippen LogP contribution in [-0.2, 0) is 11.3 Å². The molecule has 9 heteroatoms. The Kier molecular flexibility index (Phi) is 5.58. The van der Waals surface area contributed by atoms with E-state index in [-0.39, 0.29) is 29.5 Å². The number of aromatic nitrogens is 3. The number of pyridine rings is 1. The van der Waals surface area contributed by atoms with Gasteiger partial charge in [-0.2, -0.15) is 9.97 Å². The van der Waals surface area contributed by atoms with E-state index in [1.807, 2.05) is 38.8 Å². The van der Waals surface area contributed by atoms with Crippen molar-refractivity contribution in [3.05, 3.63) is 32.6 Å². The van der Waals surface area contributed by atoms with Crippen LogP contribution in [0.1, 0.15) is 30.7 Å². The van der Waals surface area contributed by atoms with Gasteiger partial charge in [-0.1, -0.05) is 41.4 Å². The summed E-state index contributed by atoms with van der Waals surface area (Å²) < 4.78 is 1.01. The maximum absolute atomic E-state index is 12.8. The Morgan fingerprint density at radius 2 is 2.04 bits per heavy atom. The van der Waals surface area contributed by atoms with Crippen molar-refractivity contribution in [2.24, 2.45) is 5.92 Å². The number of amides is 1. The molecule has 0 aromatic carbocycles. The van der Waals surface area contributed by atoms with Crippen molar-refractivity contribution < 1.29 is 4.79 Å². The summed E-state index contributed by atoms with van der Waals surface area (Å²) in [7, 11) is 0. The van der Waals surface area contributed by atoms with E-state index in [1.54, 1.807) is 4.90 Å². The van der Waals surface area contributed by atoms with Crippen molar-refractivity contribution in [2.45, 2.75) is 34.2 Å². The quantitative estimate of drug-likeness (QED) is 0.713. The lowest BCUT2D eigenvalue weighted by Gasteiger charge is -2.37. The molecule has 3 rings (SSSR count). The van der Waals surface area contributed by atoms with Gasteiger partial charge < -0.3 is 15.5 Å². The molecule has 7 nitrogen and oxygen atoms in total. The number of nitrogens with two attached hydrogens (primary N) is 1. The molecule has 0 radical (unpaired) electrons. The van der Waals surface area contributed by atoms with Crippen LogP contribution in [0.2, 0.25) is 5.15 Å². The fourth-order valence-electron chi connectivity index (χ4n) is 3.11. The summed E-state index contributed by atoms with van der Waals surface area (Å²) in [4.78, 5) is 29.3. The minimum Gasteiger partial charge on any atom is -0.368 e. The number of fused-ring (bicyclic) bond motifs is 1. The van der Waals surface area contributed by atoms with Gasteiger partial charge in [-0.3, -0.25) is 9.78 Å². The normalized spacial score (nSPS) is 14.1. The Morgan fingerprint density at radius 3 is 2.70 bits per heavy atom. The van der Waals surface area contributed by atoms with Crippen molar-refractivity contribution >= 4 is 50.9 Å². The summed E-state index contributed by atoms with van der Waals surface area (Å²) in [6.45, 7) is 9.22. The fraction of sp³-hybridized carbons (Fsp3) is 0.444. The van der Waals surface area contributed by atoms with E-state index < -0.39 is 0 Å². The molecule has 0 fully saturated rings. The Balaban J connectivity index is 2.06. The first-order chi connectivity index (χ1) is 12.7. The number of aryl methyl sites for hydroxylation is 1. The van der Waals surface area contributed by atoms with Gasteiger partial charge in [-0.05, 0) is 30.9 Å². The minimum atomic E-state index is -0.0460. The van der Waals surface area contributed by atoms with Gasteiger partial charge in [0, 0.05) is 17.2 Å². The molecular formula is C18H22BrClN6O. The molecular weight excluding hydrogens is 432 g/mol. The van der Waals surface area contributed by atoms with Crippen LogP contribution in [0.5, 0.6) is 0 Å². The molecule has 0 saturated heterocycles. The number of anilines is 3. The zero-order chi connectivity index (χ0) is 19.9. The highest BCUT2D eigenvalue weighted by molar-refractivity contribution is 9.10. The van der Waals surface area contributed by atoms with Crippen LogP contribution in [0.15, 0.2) is 10.7 Å². The van der Waals surface area contributed by atoms with E-state index in [9.17, 15) is 4.79 Å². The second-order valence-electron chi connectivity index (χ2n) is 7.13. The van der Waals surface area contributed by atoms with Crippen molar-refractivity contribution in [1.29, 1.82) is 0 Å².